The molecular weight excluding hydrogens is 316 g/mol. The van der Waals surface area contributed by atoms with E-state index >= 15 is 0 Å². The summed E-state index contributed by atoms with van der Waals surface area (Å²) in [5, 5.41) is 7.60. The molecule has 0 atom stereocenters. The number of nitrogens with zero attached hydrogens (tertiary/aromatic N) is 4. The maximum atomic E-state index is 12.5. The monoisotopic (exact) mass is 342 g/mol. The highest BCUT2D eigenvalue weighted by atomic mass is 16.5. The SMILES string of the molecule is CC(C)COC1CCN(C(=O)Cc2ccc(-n3cnnc3)cc2)CC1. The van der Waals surface area contributed by atoms with Gasteiger partial charge in [-0.05, 0) is 36.5 Å². The molecule has 0 unspecified atom stereocenters. The number of likely N-dealkylation sites (tertiary alicyclic amines) is 1. The van der Waals surface area contributed by atoms with E-state index in [4.69, 9.17) is 4.74 Å². The Balaban J connectivity index is 1.48. The van der Waals surface area contributed by atoms with Gasteiger partial charge in [0, 0.05) is 25.4 Å². The summed E-state index contributed by atoms with van der Waals surface area (Å²) in [6.07, 6.45) is 5.93. The van der Waals surface area contributed by atoms with Crippen LogP contribution in [-0.4, -0.2) is 51.4 Å². The van der Waals surface area contributed by atoms with E-state index in [-0.39, 0.29) is 5.91 Å². The van der Waals surface area contributed by atoms with Crippen LogP contribution in [0.15, 0.2) is 36.9 Å². The van der Waals surface area contributed by atoms with Crippen molar-refractivity contribution >= 4 is 5.91 Å². The molecule has 0 saturated carbocycles. The van der Waals surface area contributed by atoms with E-state index in [1.54, 1.807) is 12.7 Å². The van der Waals surface area contributed by atoms with Gasteiger partial charge in [-0.1, -0.05) is 26.0 Å². The van der Waals surface area contributed by atoms with Crippen LogP contribution in [0.5, 0.6) is 0 Å². The largest absolute Gasteiger partial charge is 0.378 e. The number of rotatable bonds is 6. The number of ether oxygens (including phenoxy) is 1. The second-order valence-electron chi connectivity index (χ2n) is 7.02. The third kappa shape index (κ3) is 4.89. The van der Waals surface area contributed by atoms with Crippen LogP contribution in [0.3, 0.4) is 0 Å². The van der Waals surface area contributed by atoms with Gasteiger partial charge in [0.2, 0.25) is 5.91 Å². The first kappa shape index (κ1) is 17.6. The summed E-state index contributed by atoms with van der Waals surface area (Å²) in [4.78, 5) is 14.5. The molecule has 0 aliphatic carbocycles. The lowest BCUT2D eigenvalue weighted by atomic mass is 10.1. The number of piperidine rings is 1. The molecule has 134 valence electrons. The van der Waals surface area contributed by atoms with Crippen molar-refractivity contribution in [3.63, 3.8) is 0 Å². The fraction of sp³-hybridized carbons (Fsp3) is 0.526. The summed E-state index contributed by atoms with van der Waals surface area (Å²) in [5.74, 6) is 0.750. The number of hydrogen-bond acceptors (Lipinski definition) is 4. The van der Waals surface area contributed by atoms with Crippen molar-refractivity contribution in [2.75, 3.05) is 19.7 Å². The lowest BCUT2D eigenvalue weighted by Gasteiger charge is -2.32. The summed E-state index contributed by atoms with van der Waals surface area (Å²) in [6, 6.07) is 7.95. The number of hydrogen-bond donors (Lipinski definition) is 0. The number of benzene rings is 1. The minimum Gasteiger partial charge on any atom is -0.378 e. The van der Waals surface area contributed by atoms with Crippen LogP contribution in [0.4, 0.5) is 0 Å². The normalized spacial score (nSPS) is 15.7. The molecule has 1 amide bonds. The highest BCUT2D eigenvalue weighted by Gasteiger charge is 2.23. The molecule has 2 aromatic rings. The van der Waals surface area contributed by atoms with Gasteiger partial charge in [0.1, 0.15) is 12.7 Å². The summed E-state index contributed by atoms with van der Waals surface area (Å²) in [6.45, 7) is 6.71. The molecule has 0 radical (unpaired) electrons. The van der Waals surface area contributed by atoms with Gasteiger partial charge in [-0.2, -0.15) is 0 Å². The number of amides is 1. The Labute approximate surface area is 148 Å². The molecule has 1 aliphatic rings. The Bertz CT molecular complexity index is 659. The van der Waals surface area contributed by atoms with Gasteiger partial charge < -0.3 is 9.64 Å². The molecule has 6 nitrogen and oxygen atoms in total. The molecule has 1 aromatic carbocycles. The van der Waals surface area contributed by atoms with Crippen LogP contribution in [-0.2, 0) is 16.0 Å². The van der Waals surface area contributed by atoms with E-state index in [1.165, 1.54) is 0 Å². The highest BCUT2D eigenvalue weighted by molar-refractivity contribution is 5.79. The smallest absolute Gasteiger partial charge is 0.226 e. The lowest BCUT2D eigenvalue weighted by molar-refractivity contribution is -0.133. The van der Waals surface area contributed by atoms with E-state index in [0.29, 0.717) is 18.4 Å². The fourth-order valence-electron chi connectivity index (χ4n) is 3.01. The minimum atomic E-state index is 0.194. The molecular formula is C19H26N4O2. The van der Waals surface area contributed by atoms with Crippen LogP contribution in [0, 0.1) is 5.92 Å². The van der Waals surface area contributed by atoms with Crippen molar-refractivity contribution in [1.29, 1.82) is 0 Å². The van der Waals surface area contributed by atoms with E-state index in [1.807, 2.05) is 33.7 Å². The number of carbonyl (C=O) groups is 1. The molecule has 1 aromatic heterocycles. The van der Waals surface area contributed by atoms with Gasteiger partial charge in [-0.3, -0.25) is 9.36 Å². The molecule has 0 spiro atoms. The second-order valence-corrected chi connectivity index (χ2v) is 7.02. The first-order valence-corrected chi connectivity index (χ1v) is 8.95. The van der Waals surface area contributed by atoms with Gasteiger partial charge in [0.15, 0.2) is 0 Å². The predicted molar refractivity (Wildman–Crippen MR) is 95.5 cm³/mol. The Morgan fingerprint density at radius 3 is 2.40 bits per heavy atom. The van der Waals surface area contributed by atoms with Gasteiger partial charge in [0.05, 0.1) is 12.5 Å². The maximum Gasteiger partial charge on any atom is 0.226 e. The van der Waals surface area contributed by atoms with Crippen molar-refractivity contribution in [3.05, 3.63) is 42.5 Å². The van der Waals surface area contributed by atoms with Crippen LogP contribution in [0.1, 0.15) is 32.3 Å². The lowest BCUT2D eigenvalue weighted by Crippen LogP contribution is -2.41. The van der Waals surface area contributed by atoms with Crippen LogP contribution >= 0.6 is 0 Å². The first-order chi connectivity index (χ1) is 12.1. The molecule has 1 saturated heterocycles. The van der Waals surface area contributed by atoms with Crippen molar-refractivity contribution < 1.29 is 9.53 Å². The van der Waals surface area contributed by atoms with Crippen LogP contribution in [0.25, 0.3) is 5.69 Å². The number of aromatic nitrogens is 3. The van der Waals surface area contributed by atoms with Gasteiger partial charge in [-0.15, -0.1) is 10.2 Å². The van der Waals surface area contributed by atoms with Gasteiger partial charge >= 0.3 is 0 Å². The van der Waals surface area contributed by atoms with E-state index < -0.39 is 0 Å². The first-order valence-electron chi connectivity index (χ1n) is 8.95. The van der Waals surface area contributed by atoms with Crippen molar-refractivity contribution in [3.8, 4) is 5.69 Å². The second kappa shape index (κ2) is 8.25. The van der Waals surface area contributed by atoms with Crippen LogP contribution < -0.4 is 0 Å². The standard InChI is InChI=1S/C19H26N4O2/c1-15(2)12-25-18-7-9-22(10-8-18)19(24)11-16-3-5-17(6-4-16)23-13-20-21-14-23/h3-6,13-15,18H,7-12H2,1-2H3. The quantitative estimate of drug-likeness (QED) is 0.809. The van der Waals surface area contributed by atoms with Gasteiger partial charge in [-0.25, -0.2) is 0 Å². The zero-order valence-corrected chi connectivity index (χ0v) is 15.0. The fourth-order valence-corrected chi connectivity index (χ4v) is 3.01. The number of carbonyl (C=O) groups excluding carboxylic acids is 1. The molecule has 3 rings (SSSR count). The van der Waals surface area contributed by atoms with Crippen molar-refractivity contribution in [2.45, 2.75) is 39.2 Å². The average molecular weight is 342 g/mol. The molecule has 6 heteroatoms. The summed E-state index contributed by atoms with van der Waals surface area (Å²) < 4.78 is 7.73. The maximum absolute atomic E-state index is 12.5. The predicted octanol–water partition coefficient (Wildman–Crippen LogP) is 2.47. The Hall–Kier alpha value is -2.21. The Morgan fingerprint density at radius 2 is 1.80 bits per heavy atom. The van der Waals surface area contributed by atoms with Crippen LogP contribution in [0.2, 0.25) is 0 Å². The third-order valence-electron chi connectivity index (χ3n) is 4.47. The molecule has 1 fully saturated rings. The third-order valence-corrected chi connectivity index (χ3v) is 4.47. The van der Waals surface area contributed by atoms with Crippen molar-refractivity contribution in [2.24, 2.45) is 5.92 Å². The average Bonchev–Trinajstić information content (AvgIpc) is 3.15. The summed E-state index contributed by atoms with van der Waals surface area (Å²) in [5.41, 5.74) is 2.02. The van der Waals surface area contributed by atoms with E-state index in [2.05, 4.69) is 24.0 Å². The van der Waals surface area contributed by atoms with Crippen molar-refractivity contribution in [1.82, 2.24) is 19.7 Å². The molecule has 25 heavy (non-hydrogen) atoms. The van der Waals surface area contributed by atoms with E-state index in [9.17, 15) is 4.79 Å². The minimum absolute atomic E-state index is 0.194. The molecule has 1 aliphatic heterocycles. The van der Waals surface area contributed by atoms with E-state index in [0.717, 1.165) is 43.8 Å². The molecule has 0 N–H and O–H groups in total. The topological polar surface area (TPSA) is 60.2 Å². The zero-order valence-electron chi connectivity index (χ0n) is 15.0. The van der Waals surface area contributed by atoms with Gasteiger partial charge in [0.25, 0.3) is 0 Å². The highest BCUT2D eigenvalue weighted by Crippen LogP contribution is 2.16. The zero-order chi connectivity index (χ0) is 17.6. The molecule has 0 bridgehead atoms. The Kier molecular flexibility index (Phi) is 5.81. The Morgan fingerprint density at radius 1 is 1.16 bits per heavy atom. The summed E-state index contributed by atoms with van der Waals surface area (Å²) >= 11 is 0. The summed E-state index contributed by atoms with van der Waals surface area (Å²) in [7, 11) is 0. The molecule has 2 heterocycles.